The third-order valence-corrected chi connectivity index (χ3v) is 2.35. The van der Waals surface area contributed by atoms with Crippen LogP contribution in [0.25, 0.3) is 0 Å². The molecule has 4 N–H and O–H groups in total. The number of aromatic nitrogens is 3. The Morgan fingerprint density at radius 3 is 2.76 bits per heavy atom. The molecule has 0 spiro atoms. The lowest BCUT2D eigenvalue weighted by molar-refractivity contribution is 0.101. The van der Waals surface area contributed by atoms with Crippen LogP contribution in [0.3, 0.4) is 0 Å². The average Bonchev–Trinajstić information content (AvgIpc) is 2.69. The van der Waals surface area contributed by atoms with Gasteiger partial charge in [-0.3, -0.25) is 9.89 Å². The highest BCUT2D eigenvalue weighted by Crippen LogP contribution is 2.16. The standard InChI is InChI=1S/C11H13N5O/c1-6-3-4-8(7(2)5-6)13-10(17)9-14-11(12)16-15-9/h3-5H,1-2H3,(H,13,17)(H3,12,14,15,16). The summed E-state index contributed by atoms with van der Waals surface area (Å²) in [5.41, 5.74) is 8.21. The van der Waals surface area contributed by atoms with Gasteiger partial charge in [0.25, 0.3) is 5.91 Å². The minimum Gasteiger partial charge on any atom is -0.366 e. The van der Waals surface area contributed by atoms with Gasteiger partial charge in [-0.2, -0.15) is 4.98 Å². The summed E-state index contributed by atoms with van der Waals surface area (Å²) in [7, 11) is 0. The van der Waals surface area contributed by atoms with Crippen LogP contribution in [0.15, 0.2) is 18.2 Å². The maximum absolute atomic E-state index is 11.8. The van der Waals surface area contributed by atoms with Crippen molar-refractivity contribution in [3.63, 3.8) is 0 Å². The number of nitrogens with zero attached hydrogens (tertiary/aromatic N) is 2. The number of hydrogen-bond acceptors (Lipinski definition) is 4. The van der Waals surface area contributed by atoms with Gasteiger partial charge in [0, 0.05) is 5.69 Å². The van der Waals surface area contributed by atoms with Gasteiger partial charge in [-0.05, 0) is 25.5 Å². The molecule has 0 unspecified atom stereocenters. The van der Waals surface area contributed by atoms with E-state index < -0.39 is 0 Å². The minimum absolute atomic E-state index is 0.0516. The van der Waals surface area contributed by atoms with Crippen LogP contribution in [0.4, 0.5) is 11.6 Å². The fourth-order valence-electron chi connectivity index (χ4n) is 1.51. The number of nitrogens with one attached hydrogen (secondary N) is 2. The summed E-state index contributed by atoms with van der Waals surface area (Å²) in [6, 6.07) is 5.77. The summed E-state index contributed by atoms with van der Waals surface area (Å²) in [4.78, 5) is 15.5. The zero-order valence-corrected chi connectivity index (χ0v) is 9.61. The Morgan fingerprint density at radius 2 is 2.18 bits per heavy atom. The van der Waals surface area contributed by atoms with Crippen molar-refractivity contribution < 1.29 is 4.79 Å². The Hall–Kier alpha value is -2.37. The molecule has 2 rings (SSSR count). The first-order valence-corrected chi connectivity index (χ1v) is 5.13. The van der Waals surface area contributed by atoms with E-state index in [1.54, 1.807) is 0 Å². The lowest BCUT2D eigenvalue weighted by Gasteiger charge is -2.07. The summed E-state index contributed by atoms with van der Waals surface area (Å²) in [6.07, 6.45) is 0. The SMILES string of the molecule is Cc1ccc(NC(=O)c2nc(N)n[nH]2)c(C)c1. The number of aromatic amines is 1. The molecule has 17 heavy (non-hydrogen) atoms. The van der Waals surface area contributed by atoms with Crippen molar-refractivity contribution in [1.29, 1.82) is 0 Å². The van der Waals surface area contributed by atoms with Crippen LogP contribution in [0, 0.1) is 13.8 Å². The Kier molecular flexibility index (Phi) is 2.78. The normalized spacial score (nSPS) is 10.2. The topological polar surface area (TPSA) is 96.7 Å². The van der Waals surface area contributed by atoms with Gasteiger partial charge in [0.2, 0.25) is 11.8 Å². The van der Waals surface area contributed by atoms with Crippen LogP contribution in [0.5, 0.6) is 0 Å². The number of H-pyrrole nitrogens is 1. The van der Waals surface area contributed by atoms with Crippen LogP contribution >= 0.6 is 0 Å². The van der Waals surface area contributed by atoms with E-state index in [9.17, 15) is 4.79 Å². The molecule has 0 aliphatic rings. The van der Waals surface area contributed by atoms with Gasteiger partial charge < -0.3 is 11.1 Å². The fraction of sp³-hybridized carbons (Fsp3) is 0.182. The van der Waals surface area contributed by atoms with Crippen molar-refractivity contribution in [3.8, 4) is 0 Å². The van der Waals surface area contributed by atoms with E-state index in [1.165, 1.54) is 0 Å². The molecule has 6 heteroatoms. The molecule has 0 aliphatic carbocycles. The molecule has 2 aromatic rings. The molecule has 1 aromatic carbocycles. The van der Waals surface area contributed by atoms with Crippen LogP contribution in [-0.2, 0) is 0 Å². The van der Waals surface area contributed by atoms with Crippen LogP contribution in [0.1, 0.15) is 21.7 Å². The molecule has 0 aliphatic heterocycles. The number of nitrogen functional groups attached to an aromatic ring is 1. The van der Waals surface area contributed by atoms with Gasteiger partial charge in [0.15, 0.2) is 0 Å². The third-order valence-electron chi connectivity index (χ3n) is 2.35. The Balaban J connectivity index is 2.18. The maximum atomic E-state index is 11.8. The lowest BCUT2D eigenvalue weighted by Crippen LogP contribution is -2.14. The first-order valence-electron chi connectivity index (χ1n) is 5.13. The molecule has 1 amide bonds. The number of benzene rings is 1. The molecule has 0 saturated carbocycles. The van der Waals surface area contributed by atoms with Crippen LogP contribution in [0.2, 0.25) is 0 Å². The Labute approximate surface area is 98.3 Å². The number of aryl methyl sites for hydroxylation is 2. The van der Waals surface area contributed by atoms with Crippen molar-refractivity contribution in [2.45, 2.75) is 13.8 Å². The summed E-state index contributed by atoms with van der Waals surface area (Å²) >= 11 is 0. The number of carbonyl (C=O) groups is 1. The molecule has 0 fully saturated rings. The summed E-state index contributed by atoms with van der Waals surface area (Å²) in [5, 5.41) is 8.79. The molecule has 88 valence electrons. The molecular weight excluding hydrogens is 218 g/mol. The highest BCUT2D eigenvalue weighted by Gasteiger charge is 2.11. The zero-order chi connectivity index (χ0) is 12.4. The third kappa shape index (κ3) is 2.41. The van der Waals surface area contributed by atoms with E-state index >= 15 is 0 Å². The molecule has 1 aromatic heterocycles. The molecule has 0 atom stereocenters. The molecule has 0 bridgehead atoms. The Morgan fingerprint density at radius 1 is 1.41 bits per heavy atom. The van der Waals surface area contributed by atoms with Gasteiger partial charge in [0.1, 0.15) is 0 Å². The number of rotatable bonds is 2. The van der Waals surface area contributed by atoms with Crippen LogP contribution in [-0.4, -0.2) is 21.1 Å². The summed E-state index contributed by atoms with van der Waals surface area (Å²) in [6.45, 7) is 3.92. The molecule has 6 nitrogen and oxygen atoms in total. The molecule has 0 radical (unpaired) electrons. The Bertz CT molecular complexity index is 561. The second kappa shape index (κ2) is 4.25. The second-order valence-electron chi connectivity index (χ2n) is 3.81. The summed E-state index contributed by atoms with van der Waals surface area (Å²) < 4.78 is 0. The quantitative estimate of drug-likeness (QED) is 0.724. The van der Waals surface area contributed by atoms with Crippen molar-refractivity contribution in [2.24, 2.45) is 0 Å². The van der Waals surface area contributed by atoms with Gasteiger partial charge >= 0.3 is 0 Å². The smallest absolute Gasteiger partial charge is 0.293 e. The fourth-order valence-corrected chi connectivity index (χ4v) is 1.51. The molecular formula is C11H13N5O. The molecule has 1 heterocycles. The highest BCUT2D eigenvalue weighted by molar-refractivity contribution is 6.02. The van der Waals surface area contributed by atoms with E-state index in [-0.39, 0.29) is 17.7 Å². The predicted molar refractivity (Wildman–Crippen MR) is 64.7 cm³/mol. The van der Waals surface area contributed by atoms with Gasteiger partial charge in [0.05, 0.1) is 0 Å². The van der Waals surface area contributed by atoms with Crippen molar-refractivity contribution in [3.05, 3.63) is 35.2 Å². The van der Waals surface area contributed by atoms with E-state index in [1.807, 2.05) is 32.0 Å². The zero-order valence-electron chi connectivity index (χ0n) is 9.61. The van der Waals surface area contributed by atoms with Gasteiger partial charge in [-0.25, -0.2) is 0 Å². The minimum atomic E-state index is -0.360. The molecule has 0 saturated heterocycles. The number of anilines is 2. The van der Waals surface area contributed by atoms with E-state index in [2.05, 4.69) is 20.5 Å². The predicted octanol–water partition coefficient (Wildman–Crippen LogP) is 1.26. The van der Waals surface area contributed by atoms with E-state index in [0.29, 0.717) is 0 Å². The number of amides is 1. The largest absolute Gasteiger partial charge is 0.366 e. The first-order chi connectivity index (χ1) is 8.06. The highest BCUT2D eigenvalue weighted by atomic mass is 16.2. The lowest BCUT2D eigenvalue weighted by atomic mass is 10.1. The van der Waals surface area contributed by atoms with Crippen molar-refractivity contribution in [1.82, 2.24) is 15.2 Å². The number of hydrogen-bond donors (Lipinski definition) is 3. The summed E-state index contributed by atoms with van der Waals surface area (Å²) in [5.74, 6) is -0.209. The average molecular weight is 231 g/mol. The van der Waals surface area contributed by atoms with E-state index in [4.69, 9.17) is 5.73 Å². The van der Waals surface area contributed by atoms with Crippen molar-refractivity contribution in [2.75, 3.05) is 11.1 Å². The van der Waals surface area contributed by atoms with Gasteiger partial charge in [-0.1, -0.05) is 17.7 Å². The van der Waals surface area contributed by atoms with Crippen LogP contribution < -0.4 is 11.1 Å². The second-order valence-corrected chi connectivity index (χ2v) is 3.81. The van der Waals surface area contributed by atoms with Gasteiger partial charge in [-0.15, -0.1) is 5.10 Å². The van der Waals surface area contributed by atoms with Crippen molar-refractivity contribution >= 4 is 17.5 Å². The number of nitrogens with two attached hydrogens (primary N) is 1. The number of carbonyl (C=O) groups excluding carboxylic acids is 1. The monoisotopic (exact) mass is 231 g/mol. The first kappa shape index (κ1) is 11.1. The van der Waals surface area contributed by atoms with E-state index in [0.717, 1.165) is 16.8 Å². The maximum Gasteiger partial charge on any atom is 0.293 e.